The Labute approximate surface area is 166 Å². The average Bonchev–Trinajstić information content (AvgIpc) is 3.50. The summed E-state index contributed by atoms with van der Waals surface area (Å²) in [4.78, 5) is 36.8. The lowest BCUT2D eigenvalue weighted by atomic mass is 9.63. The summed E-state index contributed by atoms with van der Waals surface area (Å²) in [6, 6.07) is 2.63. The van der Waals surface area contributed by atoms with E-state index in [1.54, 1.807) is 0 Å². The molecule has 6 rings (SSSR count). The van der Waals surface area contributed by atoms with Crippen molar-refractivity contribution in [2.75, 3.05) is 14.2 Å². The number of ether oxygens (including phenoxy) is 2. The van der Waals surface area contributed by atoms with Crippen LogP contribution < -0.4 is 9.47 Å². The summed E-state index contributed by atoms with van der Waals surface area (Å²) in [6.07, 6.45) is 6.41. The number of carbonyl (C=O) groups excluding carboxylic acids is 2. The molecule has 0 unspecified atom stereocenters. The number of allylic oxidation sites excluding steroid dienone is 2. The molecule has 1 aromatic carbocycles. The van der Waals surface area contributed by atoms with Crippen LogP contribution in [0.1, 0.15) is 12.0 Å². The first-order chi connectivity index (χ1) is 14.0. The highest BCUT2D eigenvalue weighted by molar-refractivity contribution is 6.06. The maximum absolute atomic E-state index is 12.9. The van der Waals surface area contributed by atoms with Crippen LogP contribution in [-0.2, 0) is 9.59 Å². The molecule has 4 aliphatic carbocycles. The first-order valence-electron chi connectivity index (χ1n) is 9.46. The highest BCUT2D eigenvalue weighted by Gasteiger charge is 2.67. The number of nitro groups is 1. The second-order valence-corrected chi connectivity index (χ2v) is 7.91. The molecule has 0 spiro atoms. The molecule has 5 aliphatic rings. The third-order valence-electron chi connectivity index (χ3n) is 6.68. The number of hydrazone groups is 1. The number of hydrogen-bond donors (Lipinski definition) is 0. The summed E-state index contributed by atoms with van der Waals surface area (Å²) in [7, 11) is 2.79. The maximum atomic E-state index is 12.9. The van der Waals surface area contributed by atoms with Gasteiger partial charge in [-0.05, 0) is 36.2 Å². The molecule has 9 heteroatoms. The number of amides is 2. The van der Waals surface area contributed by atoms with Crippen molar-refractivity contribution in [2.24, 2.45) is 40.6 Å². The Kier molecular flexibility index (Phi) is 3.77. The zero-order valence-electron chi connectivity index (χ0n) is 15.8. The van der Waals surface area contributed by atoms with Crippen molar-refractivity contribution < 1.29 is 24.0 Å². The molecule has 2 amide bonds. The Balaban J connectivity index is 1.48. The molecule has 0 radical (unpaired) electrons. The van der Waals surface area contributed by atoms with Crippen molar-refractivity contribution in [1.82, 2.24) is 5.01 Å². The highest BCUT2D eigenvalue weighted by Crippen LogP contribution is 2.65. The predicted octanol–water partition coefficient (Wildman–Crippen LogP) is 2.00. The Morgan fingerprint density at radius 1 is 1.07 bits per heavy atom. The topological polar surface area (TPSA) is 111 Å². The van der Waals surface area contributed by atoms with Gasteiger partial charge in [0.05, 0.1) is 48.8 Å². The molecule has 2 bridgehead atoms. The lowest BCUT2D eigenvalue weighted by Gasteiger charge is -2.37. The van der Waals surface area contributed by atoms with E-state index < -0.39 is 4.92 Å². The van der Waals surface area contributed by atoms with Gasteiger partial charge >= 0.3 is 0 Å². The highest BCUT2D eigenvalue weighted by atomic mass is 16.6. The molecule has 0 N–H and O–H groups in total. The SMILES string of the molecule is COc1cc(/C=N\N2C(=O)[C@@H]3[C@H]4C=C[C@@H]([C@@H]5C[C@@H]45)[C@@H]3C2=O)c([N+](=O)[O-])cc1OC. The summed E-state index contributed by atoms with van der Waals surface area (Å²) in [6.45, 7) is 0. The molecule has 1 aliphatic heterocycles. The van der Waals surface area contributed by atoms with Crippen molar-refractivity contribution >= 4 is 23.7 Å². The standard InChI is InChI=1S/C20H19N3O6/c1-28-15-5-9(14(23(26)27)7-16(15)29-2)8-21-22-19(24)17-10-3-4-11(13-6-12(10)13)18(17)20(22)25/h3-5,7-8,10-13,17-18H,6H2,1-2H3/b21-8-/t10-,11-,12-,13-,17-,18+/m0/s1. The summed E-state index contributed by atoms with van der Waals surface area (Å²) < 4.78 is 10.3. The maximum Gasteiger partial charge on any atom is 0.282 e. The average molecular weight is 397 g/mol. The van der Waals surface area contributed by atoms with E-state index in [1.165, 1.54) is 32.6 Å². The van der Waals surface area contributed by atoms with Crippen LogP contribution in [0.2, 0.25) is 0 Å². The first-order valence-corrected chi connectivity index (χ1v) is 9.46. The zero-order chi connectivity index (χ0) is 20.4. The fourth-order valence-corrected chi connectivity index (χ4v) is 5.32. The third-order valence-corrected chi connectivity index (χ3v) is 6.68. The van der Waals surface area contributed by atoms with Gasteiger partial charge in [0.1, 0.15) is 0 Å². The van der Waals surface area contributed by atoms with E-state index in [9.17, 15) is 19.7 Å². The van der Waals surface area contributed by atoms with Crippen molar-refractivity contribution in [3.8, 4) is 11.5 Å². The van der Waals surface area contributed by atoms with Crippen LogP contribution in [0.15, 0.2) is 29.4 Å². The van der Waals surface area contributed by atoms with Gasteiger partial charge in [0.25, 0.3) is 17.5 Å². The predicted molar refractivity (Wildman–Crippen MR) is 100 cm³/mol. The minimum absolute atomic E-state index is 0.0991. The number of benzene rings is 1. The van der Waals surface area contributed by atoms with Crippen LogP contribution in [0.5, 0.6) is 11.5 Å². The molecule has 6 atom stereocenters. The van der Waals surface area contributed by atoms with Crippen molar-refractivity contribution in [3.63, 3.8) is 0 Å². The molecular weight excluding hydrogens is 378 g/mol. The van der Waals surface area contributed by atoms with Gasteiger partial charge in [-0.2, -0.15) is 10.1 Å². The van der Waals surface area contributed by atoms with E-state index in [2.05, 4.69) is 17.3 Å². The molecule has 0 aromatic heterocycles. The fraction of sp³-hybridized carbons (Fsp3) is 0.450. The van der Waals surface area contributed by atoms with E-state index >= 15 is 0 Å². The van der Waals surface area contributed by atoms with Gasteiger partial charge in [-0.1, -0.05) is 12.2 Å². The fourth-order valence-electron chi connectivity index (χ4n) is 5.32. The molecule has 29 heavy (non-hydrogen) atoms. The van der Waals surface area contributed by atoms with Gasteiger partial charge in [-0.3, -0.25) is 19.7 Å². The smallest absolute Gasteiger partial charge is 0.282 e. The van der Waals surface area contributed by atoms with Crippen LogP contribution in [0.4, 0.5) is 5.69 Å². The van der Waals surface area contributed by atoms with E-state index in [-0.39, 0.29) is 58.2 Å². The van der Waals surface area contributed by atoms with Crippen LogP contribution in [0, 0.1) is 45.6 Å². The number of carbonyl (C=O) groups is 2. The zero-order valence-corrected chi connectivity index (χ0v) is 15.8. The normalized spacial score (nSPS) is 33.8. The monoisotopic (exact) mass is 397 g/mol. The minimum atomic E-state index is -0.575. The quantitative estimate of drug-likeness (QED) is 0.247. The van der Waals surface area contributed by atoms with Gasteiger partial charge < -0.3 is 9.47 Å². The van der Waals surface area contributed by atoms with E-state index in [0.29, 0.717) is 11.8 Å². The van der Waals surface area contributed by atoms with Gasteiger partial charge in [0.2, 0.25) is 0 Å². The second-order valence-electron chi connectivity index (χ2n) is 7.91. The van der Waals surface area contributed by atoms with Crippen LogP contribution in [0.3, 0.4) is 0 Å². The van der Waals surface area contributed by atoms with Gasteiger partial charge in [-0.25, -0.2) is 0 Å². The molecule has 1 heterocycles. The number of imide groups is 1. The van der Waals surface area contributed by atoms with E-state index in [4.69, 9.17) is 9.47 Å². The van der Waals surface area contributed by atoms with E-state index in [0.717, 1.165) is 11.4 Å². The Hall–Kier alpha value is -3.23. The summed E-state index contributed by atoms with van der Waals surface area (Å²) in [5.74, 6) is 0.333. The largest absolute Gasteiger partial charge is 0.493 e. The van der Waals surface area contributed by atoms with E-state index in [1.807, 2.05) is 0 Å². The van der Waals surface area contributed by atoms with Crippen LogP contribution >= 0.6 is 0 Å². The van der Waals surface area contributed by atoms with Gasteiger partial charge in [0.15, 0.2) is 11.5 Å². The molecule has 1 saturated heterocycles. The number of hydrogen-bond acceptors (Lipinski definition) is 7. The number of methoxy groups -OCH3 is 2. The lowest BCUT2D eigenvalue weighted by molar-refractivity contribution is -0.385. The number of nitrogens with zero attached hydrogens (tertiary/aromatic N) is 3. The van der Waals surface area contributed by atoms with Gasteiger partial charge in [0, 0.05) is 0 Å². The summed E-state index contributed by atoms with van der Waals surface area (Å²) >= 11 is 0. The number of rotatable bonds is 5. The second kappa shape index (κ2) is 6.13. The Bertz CT molecular complexity index is 966. The first kappa shape index (κ1) is 17.8. The summed E-state index contributed by atoms with van der Waals surface area (Å²) in [5, 5.41) is 16.4. The third kappa shape index (κ3) is 2.43. The molecular formula is C20H19N3O6. The molecule has 150 valence electrons. The molecule has 9 nitrogen and oxygen atoms in total. The molecule has 3 fully saturated rings. The van der Waals surface area contributed by atoms with Crippen molar-refractivity contribution in [3.05, 3.63) is 40.0 Å². The van der Waals surface area contributed by atoms with Crippen LogP contribution in [-0.4, -0.2) is 42.2 Å². The minimum Gasteiger partial charge on any atom is -0.493 e. The molecule has 2 saturated carbocycles. The number of nitro benzene ring substituents is 1. The lowest BCUT2D eigenvalue weighted by Crippen LogP contribution is -2.40. The Morgan fingerprint density at radius 2 is 1.62 bits per heavy atom. The Morgan fingerprint density at radius 3 is 2.14 bits per heavy atom. The summed E-state index contributed by atoms with van der Waals surface area (Å²) in [5.41, 5.74) is -0.141. The van der Waals surface area contributed by atoms with Crippen molar-refractivity contribution in [1.29, 1.82) is 0 Å². The van der Waals surface area contributed by atoms with Crippen molar-refractivity contribution in [2.45, 2.75) is 6.42 Å². The van der Waals surface area contributed by atoms with Gasteiger partial charge in [-0.15, -0.1) is 0 Å². The molecule has 1 aromatic rings. The van der Waals surface area contributed by atoms with Crippen LogP contribution in [0.25, 0.3) is 0 Å².